The predicted molar refractivity (Wildman–Crippen MR) is 105 cm³/mol. The summed E-state index contributed by atoms with van der Waals surface area (Å²) in [5.41, 5.74) is 1.85. The van der Waals surface area contributed by atoms with Crippen LogP contribution in [0.15, 0.2) is 38.9 Å². The summed E-state index contributed by atoms with van der Waals surface area (Å²) < 4.78 is 5.51. The van der Waals surface area contributed by atoms with E-state index < -0.39 is 5.63 Å². The van der Waals surface area contributed by atoms with Crippen LogP contribution in [0.25, 0.3) is 21.5 Å². The number of alkyl halides is 1. The topological polar surface area (TPSA) is 63.4 Å². The monoisotopic (exact) mass is 420 g/mol. The standard InChI is InChI=1S/C18H17BrN2O3S/c1-3-21(4-2)12-6-5-11-7-13(18(23)24-16(11)8-12)17-20-14(10-25-17)15(22)9-19/h5-8,10H,3-4,9H2,1-2H3. The SMILES string of the molecule is CCN(CC)c1ccc2cc(-c3nc(C(=O)CBr)cs3)c(=O)oc2c1. The van der Waals surface area contributed by atoms with E-state index in [2.05, 4.69) is 39.7 Å². The Labute approximate surface area is 157 Å². The van der Waals surface area contributed by atoms with Gasteiger partial charge in [0.05, 0.1) is 10.9 Å². The molecule has 0 aliphatic heterocycles. The van der Waals surface area contributed by atoms with Crippen molar-refractivity contribution in [2.24, 2.45) is 0 Å². The van der Waals surface area contributed by atoms with Gasteiger partial charge >= 0.3 is 5.63 Å². The number of carbonyl (C=O) groups is 1. The fraction of sp³-hybridized carbons (Fsp3) is 0.278. The van der Waals surface area contributed by atoms with E-state index in [9.17, 15) is 9.59 Å². The van der Waals surface area contributed by atoms with Crippen LogP contribution in [0, 0.1) is 0 Å². The Morgan fingerprint density at radius 2 is 2.04 bits per heavy atom. The summed E-state index contributed by atoms with van der Waals surface area (Å²) in [7, 11) is 0. The number of hydrogen-bond donors (Lipinski definition) is 0. The molecule has 0 aliphatic rings. The third kappa shape index (κ3) is 3.52. The molecule has 0 unspecified atom stereocenters. The van der Waals surface area contributed by atoms with Crippen LogP contribution in [0.1, 0.15) is 24.3 Å². The molecule has 5 nitrogen and oxygen atoms in total. The highest BCUT2D eigenvalue weighted by Crippen LogP contribution is 2.27. The van der Waals surface area contributed by atoms with Crippen LogP contribution in [0.2, 0.25) is 0 Å². The second-order valence-electron chi connectivity index (χ2n) is 5.44. The lowest BCUT2D eigenvalue weighted by Crippen LogP contribution is -2.21. The molecule has 0 amide bonds. The first-order valence-electron chi connectivity index (χ1n) is 7.95. The quantitative estimate of drug-likeness (QED) is 0.337. The summed E-state index contributed by atoms with van der Waals surface area (Å²) >= 11 is 4.39. The number of hydrogen-bond acceptors (Lipinski definition) is 6. The highest BCUT2D eigenvalue weighted by molar-refractivity contribution is 9.09. The van der Waals surface area contributed by atoms with Crippen molar-refractivity contribution in [2.45, 2.75) is 13.8 Å². The summed E-state index contributed by atoms with van der Waals surface area (Å²) in [6.07, 6.45) is 0. The molecule has 3 aromatic rings. The van der Waals surface area contributed by atoms with Crippen molar-refractivity contribution in [2.75, 3.05) is 23.3 Å². The smallest absolute Gasteiger partial charge is 0.346 e. The second-order valence-corrected chi connectivity index (χ2v) is 6.86. The summed E-state index contributed by atoms with van der Waals surface area (Å²) in [5.74, 6) is -0.114. The molecule has 0 radical (unpaired) electrons. The minimum atomic E-state index is -0.448. The number of fused-ring (bicyclic) bond motifs is 1. The molecule has 2 heterocycles. The maximum absolute atomic E-state index is 12.4. The minimum Gasteiger partial charge on any atom is -0.422 e. The number of halogens is 1. The fourth-order valence-electron chi connectivity index (χ4n) is 2.63. The van der Waals surface area contributed by atoms with Gasteiger partial charge in [-0.15, -0.1) is 11.3 Å². The molecule has 25 heavy (non-hydrogen) atoms. The van der Waals surface area contributed by atoms with Gasteiger partial charge in [-0.05, 0) is 32.0 Å². The Hall–Kier alpha value is -1.99. The first-order valence-corrected chi connectivity index (χ1v) is 9.95. The van der Waals surface area contributed by atoms with E-state index in [0.29, 0.717) is 21.8 Å². The van der Waals surface area contributed by atoms with Crippen molar-refractivity contribution >= 4 is 49.7 Å². The molecule has 0 saturated heterocycles. The Balaban J connectivity index is 2.05. The molecule has 1 aromatic carbocycles. The number of carbonyl (C=O) groups excluding carboxylic acids is 1. The van der Waals surface area contributed by atoms with Crippen LogP contribution in [0.5, 0.6) is 0 Å². The number of aromatic nitrogens is 1. The van der Waals surface area contributed by atoms with Crippen molar-refractivity contribution in [1.29, 1.82) is 0 Å². The van der Waals surface area contributed by atoms with Crippen LogP contribution >= 0.6 is 27.3 Å². The molecule has 7 heteroatoms. The normalized spacial score (nSPS) is 11.0. The van der Waals surface area contributed by atoms with Crippen molar-refractivity contribution in [3.8, 4) is 10.6 Å². The van der Waals surface area contributed by atoms with Crippen molar-refractivity contribution in [1.82, 2.24) is 4.98 Å². The molecule has 0 saturated carbocycles. The summed E-state index contributed by atoms with van der Waals surface area (Å²) in [5, 5.41) is 3.18. The molecule has 0 spiro atoms. The number of nitrogens with zero attached hydrogens (tertiary/aromatic N) is 2. The first kappa shape index (κ1) is 17.8. The van der Waals surface area contributed by atoms with Gasteiger partial charge < -0.3 is 9.32 Å². The van der Waals surface area contributed by atoms with Gasteiger partial charge in [-0.25, -0.2) is 9.78 Å². The number of anilines is 1. The molecule has 0 bridgehead atoms. The molecule has 3 rings (SSSR count). The molecule has 130 valence electrons. The van der Waals surface area contributed by atoms with E-state index in [-0.39, 0.29) is 11.1 Å². The lowest BCUT2D eigenvalue weighted by molar-refractivity contribution is 0.102. The summed E-state index contributed by atoms with van der Waals surface area (Å²) in [6, 6.07) is 7.61. The van der Waals surface area contributed by atoms with E-state index in [4.69, 9.17) is 4.42 Å². The molecule has 2 aromatic heterocycles. The van der Waals surface area contributed by atoms with Crippen LogP contribution in [0.4, 0.5) is 5.69 Å². The van der Waals surface area contributed by atoms with Gasteiger partial charge in [0.15, 0.2) is 5.78 Å². The highest BCUT2D eigenvalue weighted by atomic mass is 79.9. The Morgan fingerprint density at radius 3 is 2.72 bits per heavy atom. The average molecular weight is 421 g/mol. The van der Waals surface area contributed by atoms with E-state index in [1.165, 1.54) is 11.3 Å². The number of rotatable bonds is 6. The van der Waals surface area contributed by atoms with Crippen molar-refractivity contribution in [3.63, 3.8) is 0 Å². The molecule has 0 aliphatic carbocycles. The van der Waals surface area contributed by atoms with E-state index in [1.54, 1.807) is 11.4 Å². The number of benzene rings is 1. The number of Topliss-reactive ketones (excluding diaryl/α,β-unsaturated/α-hetero) is 1. The zero-order chi connectivity index (χ0) is 18.0. The van der Waals surface area contributed by atoms with E-state index >= 15 is 0 Å². The number of ketones is 1. The number of thiazole rings is 1. The van der Waals surface area contributed by atoms with Crippen LogP contribution in [-0.2, 0) is 0 Å². The Morgan fingerprint density at radius 1 is 1.28 bits per heavy atom. The molecular formula is C18H17BrN2O3S. The van der Waals surface area contributed by atoms with Gasteiger partial charge in [-0.1, -0.05) is 15.9 Å². The maximum atomic E-state index is 12.4. The van der Waals surface area contributed by atoms with Gasteiger partial charge in [0.1, 0.15) is 16.3 Å². The van der Waals surface area contributed by atoms with Crippen LogP contribution < -0.4 is 10.5 Å². The largest absolute Gasteiger partial charge is 0.422 e. The van der Waals surface area contributed by atoms with Crippen LogP contribution in [0.3, 0.4) is 0 Å². The Bertz CT molecular complexity index is 976. The average Bonchev–Trinajstić information content (AvgIpc) is 3.11. The minimum absolute atomic E-state index is 0.114. The summed E-state index contributed by atoms with van der Waals surface area (Å²) in [4.78, 5) is 30.5. The van der Waals surface area contributed by atoms with Crippen molar-refractivity contribution < 1.29 is 9.21 Å². The van der Waals surface area contributed by atoms with Crippen molar-refractivity contribution in [3.05, 3.63) is 45.8 Å². The van der Waals surface area contributed by atoms with Gasteiger partial charge in [0.2, 0.25) is 0 Å². The zero-order valence-corrected chi connectivity index (χ0v) is 16.3. The lowest BCUT2D eigenvalue weighted by atomic mass is 10.1. The third-order valence-electron chi connectivity index (χ3n) is 3.99. The fourth-order valence-corrected chi connectivity index (χ4v) is 3.74. The maximum Gasteiger partial charge on any atom is 0.346 e. The van der Waals surface area contributed by atoms with Gasteiger partial charge in [-0.3, -0.25) is 4.79 Å². The van der Waals surface area contributed by atoms with E-state index in [1.807, 2.05) is 18.2 Å². The summed E-state index contributed by atoms with van der Waals surface area (Å²) in [6.45, 7) is 5.93. The predicted octanol–water partition coefficient (Wildman–Crippen LogP) is 4.34. The molecular weight excluding hydrogens is 404 g/mol. The van der Waals surface area contributed by atoms with E-state index in [0.717, 1.165) is 24.2 Å². The molecule has 0 fully saturated rings. The second kappa shape index (κ2) is 7.49. The molecule has 0 N–H and O–H groups in total. The Kier molecular flexibility index (Phi) is 5.34. The highest BCUT2D eigenvalue weighted by Gasteiger charge is 2.15. The van der Waals surface area contributed by atoms with Gasteiger partial charge in [-0.2, -0.15) is 0 Å². The molecule has 0 atom stereocenters. The van der Waals surface area contributed by atoms with Gasteiger partial charge in [0, 0.05) is 35.6 Å². The third-order valence-corrected chi connectivity index (χ3v) is 5.37. The zero-order valence-electron chi connectivity index (χ0n) is 13.9. The lowest BCUT2D eigenvalue weighted by Gasteiger charge is -2.20. The van der Waals surface area contributed by atoms with Crippen LogP contribution in [-0.4, -0.2) is 29.2 Å². The van der Waals surface area contributed by atoms with Gasteiger partial charge in [0.25, 0.3) is 0 Å². The first-order chi connectivity index (χ1) is 12.1.